The van der Waals surface area contributed by atoms with E-state index in [4.69, 9.17) is 9.47 Å². The Morgan fingerprint density at radius 1 is 1.10 bits per heavy atom. The molecule has 0 radical (unpaired) electrons. The highest BCUT2D eigenvalue weighted by atomic mass is 32.2. The Morgan fingerprint density at radius 2 is 1.86 bits per heavy atom. The van der Waals surface area contributed by atoms with Crippen LogP contribution in [-0.2, 0) is 15.6 Å². The molecule has 1 aliphatic rings. The lowest BCUT2D eigenvalue weighted by Gasteiger charge is -2.22. The number of nitrogens with zero attached hydrogens (tertiary/aromatic N) is 1. The first-order valence-electron chi connectivity index (χ1n) is 9.62. The van der Waals surface area contributed by atoms with Crippen molar-refractivity contribution in [3.8, 4) is 11.5 Å². The minimum atomic E-state index is -3.74. The summed E-state index contributed by atoms with van der Waals surface area (Å²) >= 11 is 0. The number of rotatable bonds is 7. The zero-order valence-electron chi connectivity index (χ0n) is 16.7. The fourth-order valence-corrected chi connectivity index (χ4v) is 5.04. The SMILES string of the molecule is COc1ccc(OC)c(S(=O)(=O)Cc2cncc(C(=O)NC3CCCCC3)c2)c1. The molecule has 8 heteroatoms. The van der Waals surface area contributed by atoms with E-state index in [9.17, 15) is 13.2 Å². The van der Waals surface area contributed by atoms with E-state index in [1.54, 1.807) is 18.2 Å². The first-order chi connectivity index (χ1) is 13.9. The van der Waals surface area contributed by atoms with E-state index in [2.05, 4.69) is 10.3 Å². The van der Waals surface area contributed by atoms with Gasteiger partial charge in [0.2, 0.25) is 0 Å². The van der Waals surface area contributed by atoms with Crippen LogP contribution in [0.15, 0.2) is 41.6 Å². The summed E-state index contributed by atoms with van der Waals surface area (Å²) < 4.78 is 36.3. The minimum Gasteiger partial charge on any atom is -0.497 e. The number of hydrogen-bond acceptors (Lipinski definition) is 6. The Hall–Kier alpha value is -2.61. The third-order valence-electron chi connectivity index (χ3n) is 5.06. The molecule has 2 aromatic rings. The van der Waals surface area contributed by atoms with Crippen molar-refractivity contribution in [2.24, 2.45) is 0 Å². The van der Waals surface area contributed by atoms with E-state index in [0.29, 0.717) is 16.9 Å². The average Bonchev–Trinajstić information content (AvgIpc) is 2.73. The standard InChI is InChI=1S/C21H26N2O5S/c1-27-18-8-9-19(28-2)20(11-18)29(25,26)14-15-10-16(13-22-12-15)21(24)23-17-6-4-3-5-7-17/h8-13,17H,3-7,14H2,1-2H3,(H,23,24). The van der Waals surface area contributed by atoms with Crippen LogP contribution in [0.2, 0.25) is 0 Å². The average molecular weight is 419 g/mol. The van der Waals surface area contributed by atoms with Gasteiger partial charge < -0.3 is 14.8 Å². The molecule has 0 unspecified atom stereocenters. The van der Waals surface area contributed by atoms with Gasteiger partial charge in [0.15, 0.2) is 9.84 Å². The van der Waals surface area contributed by atoms with Crippen molar-refractivity contribution in [2.45, 2.75) is 48.8 Å². The summed E-state index contributed by atoms with van der Waals surface area (Å²) in [7, 11) is -0.851. The van der Waals surface area contributed by atoms with Gasteiger partial charge in [-0.25, -0.2) is 8.42 Å². The number of hydrogen-bond donors (Lipinski definition) is 1. The summed E-state index contributed by atoms with van der Waals surface area (Å²) in [4.78, 5) is 16.7. The number of sulfone groups is 1. The molecule has 0 spiro atoms. The Bertz CT molecular complexity index is 969. The first-order valence-corrected chi connectivity index (χ1v) is 11.3. The molecule has 0 bridgehead atoms. The summed E-state index contributed by atoms with van der Waals surface area (Å²) in [5.74, 6) is 0.143. The fourth-order valence-electron chi connectivity index (χ4n) is 3.53. The third kappa shape index (κ3) is 5.26. The molecular weight excluding hydrogens is 392 g/mol. The predicted octanol–water partition coefficient (Wildman–Crippen LogP) is 3.14. The smallest absolute Gasteiger partial charge is 0.253 e. The third-order valence-corrected chi connectivity index (χ3v) is 6.76. The van der Waals surface area contributed by atoms with Gasteiger partial charge in [0.1, 0.15) is 16.4 Å². The molecule has 156 valence electrons. The van der Waals surface area contributed by atoms with Crippen molar-refractivity contribution in [1.82, 2.24) is 10.3 Å². The van der Waals surface area contributed by atoms with Crippen LogP contribution < -0.4 is 14.8 Å². The fraction of sp³-hybridized carbons (Fsp3) is 0.429. The number of pyridine rings is 1. The highest BCUT2D eigenvalue weighted by Gasteiger charge is 2.23. The Balaban J connectivity index is 1.79. The molecule has 1 saturated carbocycles. The lowest BCUT2D eigenvalue weighted by molar-refractivity contribution is 0.0927. The van der Waals surface area contributed by atoms with Crippen molar-refractivity contribution >= 4 is 15.7 Å². The van der Waals surface area contributed by atoms with Crippen LogP contribution in [0.3, 0.4) is 0 Å². The molecule has 1 aromatic heterocycles. The van der Waals surface area contributed by atoms with Gasteiger partial charge in [0.25, 0.3) is 5.91 Å². The minimum absolute atomic E-state index is 0.0383. The first kappa shape index (κ1) is 21.1. The van der Waals surface area contributed by atoms with E-state index in [-0.39, 0.29) is 28.3 Å². The van der Waals surface area contributed by atoms with Crippen LogP contribution in [0.4, 0.5) is 0 Å². The maximum absolute atomic E-state index is 13.0. The van der Waals surface area contributed by atoms with Gasteiger partial charge >= 0.3 is 0 Å². The lowest BCUT2D eigenvalue weighted by atomic mass is 9.95. The molecule has 0 aliphatic heterocycles. The molecule has 0 saturated heterocycles. The van der Waals surface area contributed by atoms with Gasteiger partial charge in [0.05, 0.1) is 25.5 Å². The number of carbonyl (C=O) groups is 1. The maximum atomic E-state index is 13.0. The zero-order valence-corrected chi connectivity index (χ0v) is 17.5. The highest BCUT2D eigenvalue weighted by molar-refractivity contribution is 7.90. The van der Waals surface area contributed by atoms with Crippen LogP contribution in [0.25, 0.3) is 0 Å². The molecule has 3 rings (SSSR count). The van der Waals surface area contributed by atoms with Crippen LogP contribution in [0, 0.1) is 0 Å². The summed E-state index contributed by atoms with van der Waals surface area (Å²) in [6.07, 6.45) is 8.30. The zero-order chi connectivity index (χ0) is 20.9. The monoisotopic (exact) mass is 418 g/mol. The largest absolute Gasteiger partial charge is 0.497 e. The second-order valence-electron chi connectivity index (χ2n) is 7.17. The molecule has 1 amide bonds. The van der Waals surface area contributed by atoms with Crippen molar-refractivity contribution in [1.29, 1.82) is 0 Å². The number of nitrogens with one attached hydrogen (secondary N) is 1. The van der Waals surface area contributed by atoms with E-state index < -0.39 is 9.84 Å². The number of carbonyl (C=O) groups excluding carboxylic acids is 1. The van der Waals surface area contributed by atoms with Crippen molar-refractivity contribution in [3.05, 3.63) is 47.8 Å². The molecule has 7 nitrogen and oxygen atoms in total. The van der Waals surface area contributed by atoms with Gasteiger partial charge in [-0.05, 0) is 36.6 Å². The predicted molar refractivity (Wildman–Crippen MR) is 109 cm³/mol. The normalized spacial score (nSPS) is 15.0. The number of methoxy groups -OCH3 is 2. The van der Waals surface area contributed by atoms with E-state index in [1.807, 2.05) is 0 Å². The summed E-state index contributed by atoms with van der Waals surface area (Å²) in [5.41, 5.74) is 0.798. The molecule has 1 aliphatic carbocycles. The number of aromatic nitrogens is 1. The molecule has 1 N–H and O–H groups in total. The van der Waals surface area contributed by atoms with Crippen LogP contribution in [0.5, 0.6) is 11.5 Å². The van der Waals surface area contributed by atoms with Crippen molar-refractivity contribution in [3.63, 3.8) is 0 Å². The molecule has 0 atom stereocenters. The van der Waals surface area contributed by atoms with Gasteiger partial charge in [-0.2, -0.15) is 0 Å². The summed E-state index contributed by atoms with van der Waals surface area (Å²) in [6, 6.07) is 6.37. The van der Waals surface area contributed by atoms with Crippen molar-refractivity contribution < 1.29 is 22.7 Å². The van der Waals surface area contributed by atoms with Crippen LogP contribution in [0.1, 0.15) is 48.0 Å². The van der Waals surface area contributed by atoms with Gasteiger partial charge in [-0.15, -0.1) is 0 Å². The molecule has 1 fully saturated rings. The number of ether oxygens (including phenoxy) is 2. The summed E-state index contributed by atoms with van der Waals surface area (Å²) in [6.45, 7) is 0. The van der Waals surface area contributed by atoms with Crippen LogP contribution in [-0.4, -0.2) is 39.6 Å². The van der Waals surface area contributed by atoms with Gasteiger partial charge in [0, 0.05) is 24.5 Å². The Labute approximate surface area is 171 Å². The molecular formula is C21H26N2O5S. The second kappa shape index (κ2) is 9.26. The maximum Gasteiger partial charge on any atom is 0.253 e. The molecule has 1 aromatic carbocycles. The summed E-state index contributed by atoms with van der Waals surface area (Å²) in [5, 5.41) is 3.03. The van der Waals surface area contributed by atoms with E-state index >= 15 is 0 Å². The van der Waals surface area contributed by atoms with E-state index in [1.165, 1.54) is 39.1 Å². The van der Waals surface area contributed by atoms with Gasteiger partial charge in [-0.3, -0.25) is 9.78 Å². The second-order valence-corrected chi connectivity index (χ2v) is 9.12. The van der Waals surface area contributed by atoms with Crippen molar-refractivity contribution in [2.75, 3.05) is 14.2 Å². The Morgan fingerprint density at radius 3 is 2.55 bits per heavy atom. The Kier molecular flexibility index (Phi) is 6.74. The quantitative estimate of drug-likeness (QED) is 0.742. The number of benzene rings is 1. The number of amides is 1. The molecule has 1 heterocycles. The lowest BCUT2D eigenvalue weighted by Crippen LogP contribution is -2.36. The topological polar surface area (TPSA) is 94.6 Å². The highest BCUT2D eigenvalue weighted by Crippen LogP contribution is 2.30. The van der Waals surface area contributed by atoms with Gasteiger partial charge in [-0.1, -0.05) is 19.3 Å². The van der Waals surface area contributed by atoms with Crippen LogP contribution >= 0.6 is 0 Å². The molecule has 29 heavy (non-hydrogen) atoms. The van der Waals surface area contributed by atoms with E-state index in [0.717, 1.165) is 25.7 Å².